The van der Waals surface area contributed by atoms with E-state index in [2.05, 4.69) is 9.97 Å². The van der Waals surface area contributed by atoms with Gasteiger partial charge < -0.3 is 14.5 Å². The van der Waals surface area contributed by atoms with Crippen molar-refractivity contribution in [3.8, 4) is 22.9 Å². The number of aryl methyl sites for hydroxylation is 2. The van der Waals surface area contributed by atoms with Crippen LogP contribution < -0.4 is 15.0 Å². The van der Waals surface area contributed by atoms with Crippen molar-refractivity contribution in [2.45, 2.75) is 20.5 Å². The maximum Gasteiger partial charge on any atom is 0.260 e. The van der Waals surface area contributed by atoms with Crippen molar-refractivity contribution in [2.75, 3.05) is 7.11 Å². The summed E-state index contributed by atoms with van der Waals surface area (Å²) in [6.45, 7) is 4.24. The minimum absolute atomic E-state index is 0.143. The van der Waals surface area contributed by atoms with E-state index in [1.807, 2.05) is 26.0 Å². The van der Waals surface area contributed by atoms with Gasteiger partial charge in [-0.2, -0.15) is 0 Å². The highest BCUT2D eigenvalue weighted by molar-refractivity contribution is 7.18. The Bertz CT molecular complexity index is 1310. The number of nitrogens with zero attached hydrogens (tertiary/aromatic N) is 1. The van der Waals surface area contributed by atoms with Crippen molar-refractivity contribution in [3.05, 3.63) is 72.8 Å². The molecule has 0 aliphatic rings. The van der Waals surface area contributed by atoms with Crippen molar-refractivity contribution in [1.82, 2.24) is 9.97 Å². The maximum atomic E-state index is 12.6. The molecule has 0 aliphatic carbocycles. The molecule has 0 saturated heterocycles. The van der Waals surface area contributed by atoms with Gasteiger partial charge in [-0.25, -0.2) is 4.98 Å². The molecule has 154 valence electrons. The molecule has 2 heterocycles. The number of ether oxygens (including phenoxy) is 2. The number of fused-ring (bicyclic) bond motifs is 1. The fourth-order valence-electron chi connectivity index (χ4n) is 3.12. The van der Waals surface area contributed by atoms with Crippen molar-refractivity contribution >= 4 is 44.8 Å². The molecule has 0 aliphatic heterocycles. The molecule has 0 fully saturated rings. The van der Waals surface area contributed by atoms with Crippen LogP contribution in [-0.2, 0) is 6.61 Å². The summed E-state index contributed by atoms with van der Waals surface area (Å²) in [5.41, 5.74) is 2.45. The van der Waals surface area contributed by atoms with E-state index >= 15 is 0 Å². The number of hydrogen-bond acceptors (Lipinski definition) is 5. The fourth-order valence-corrected chi connectivity index (χ4v) is 4.47. The Hall–Kier alpha value is -2.54. The highest BCUT2D eigenvalue weighted by Gasteiger charge is 2.14. The second kappa shape index (κ2) is 8.30. The van der Waals surface area contributed by atoms with E-state index in [9.17, 15) is 4.79 Å². The Morgan fingerprint density at radius 3 is 2.60 bits per heavy atom. The number of aromatic amines is 1. The molecule has 1 N–H and O–H groups in total. The predicted octanol–water partition coefficient (Wildman–Crippen LogP) is 6.16. The zero-order valence-corrected chi connectivity index (χ0v) is 18.8. The molecule has 4 rings (SSSR count). The van der Waals surface area contributed by atoms with Gasteiger partial charge in [-0.3, -0.25) is 4.79 Å². The van der Waals surface area contributed by atoms with E-state index in [4.69, 9.17) is 32.7 Å². The number of thiophene rings is 1. The van der Waals surface area contributed by atoms with Gasteiger partial charge in [0.05, 0.1) is 22.5 Å². The van der Waals surface area contributed by atoms with E-state index < -0.39 is 0 Å². The molecule has 2 aromatic carbocycles. The van der Waals surface area contributed by atoms with Crippen LogP contribution in [-0.4, -0.2) is 17.1 Å². The number of aromatic nitrogens is 2. The van der Waals surface area contributed by atoms with Crippen molar-refractivity contribution in [1.29, 1.82) is 0 Å². The molecule has 30 heavy (non-hydrogen) atoms. The number of benzene rings is 2. The molecule has 8 heteroatoms. The molecule has 0 spiro atoms. The van der Waals surface area contributed by atoms with Gasteiger partial charge in [-0.05, 0) is 55.3 Å². The average Bonchev–Trinajstić information content (AvgIpc) is 3.02. The minimum atomic E-state index is -0.143. The van der Waals surface area contributed by atoms with Crippen LogP contribution in [0.4, 0.5) is 0 Å². The van der Waals surface area contributed by atoms with E-state index in [-0.39, 0.29) is 5.56 Å². The van der Waals surface area contributed by atoms with Gasteiger partial charge in [0.15, 0.2) is 11.5 Å². The van der Waals surface area contributed by atoms with Gasteiger partial charge in [0.1, 0.15) is 17.3 Å². The van der Waals surface area contributed by atoms with E-state index in [1.165, 1.54) is 11.3 Å². The van der Waals surface area contributed by atoms with Crippen molar-refractivity contribution in [2.24, 2.45) is 0 Å². The standard InChI is InChI=1S/C22H18Cl2N2O3S/c1-11-12(2)30-22-19(11)21(27)25-20(26-22)14-5-7-17(18(9-14)28-3)29-10-13-4-6-15(23)16(24)8-13/h4-9H,10H2,1-3H3,(H,25,26,27). The second-order valence-electron chi connectivity index (χ2n) is 6.78. The molecule has 0 radical (unpaired) electrons. The fraction of sp³-hybridized carbons (Fsp3) is 0.182. The topological polar surface area (TPSA) is 64.2 Å². The van der Waals surface area contributed by atoms with E-state index in [1.54, 1.807) is 31.4 Å². The lowest BCUT2D eigenvalue weighted by atomic mass is 10.1. The summed E-state index contributed by atoms with van der Waals surface area (Å²) in [6, 6.07) is 10.8. The molecule has 0 amide bonds. The largest absolute Gasteiger partial charge is 0.493 e. The Balaban J connectivity index is 1.64. The first-order valence-corrected chi connectivity index (χ1v) is 10.7. The smallest absolute Gasteiger partial charge is 0.260 e. The molecule has 0 atom stereocenters. The van der Waals surface area contributed by atoms with Gasteiger partial charge in [0.2, 0.25) is 0 Å². The van der Waals surface area contributed by atoms with Gasteiger partial charge in [-0.1, -0.05) is 29.3 Å². The summed E-state index contributed by atoms with van der Waals surface area (Å²) in [6.07, 6.45) is 0. The highest BCUT2D eigenvalue weighted by Crippen LogP contribution is 2.33. The normalized spacial score (nSPS) is 11.1. The first kappa shape index (κ1) is 20.7. The molecule has 5 nitrogen and oxygen atoms in total. The Kier molecular flexibility index (Phi) is 5.73. The Morgan fingerprint density at radius 2 is 1.87 bits per heavy atom. The molecular weight excluding hydrogens is 443 g/mol. The maximum absolute atomic E-state index is 12.6. The third kappa shape index (κ3) is 3.90. The van der Waals surface area contributed by atoms with Crippen molar-refractivity contribution < 1.29 is 9.47 Å². The first-order valence-electron chi connectivity index (χ1n) is 9.12. The zero-order valence-electron chi connectivity index (χ0n) is 16.5. The lowest BCUT2D eigenvalue weighted by Gasteiger charge is -2.12. The summed E-state index contributed by atoms with van der Waals surface area (Å²) in [5, 5.41) is 1.62. The number of nitrogens with one attached hydrogen (secondary N) is 1. The first-order chi connectivity index (χ1) is 14.4. The van der Waals surface area contributed by atoms with Crippen LogP contribution >= 0.6 is 34.5 Å². The monoisotopic (exact) mass is 460 g/mol. The molecule has 0 unspecified atom stereocenters. The predicted molar refractivity (Wildman–Crippen MR) is 122 cm³/mol. The number of H-pyrrole nitrogens is 1. The zero-order chi connectivity index (χ0) is 21.4. The van der Waals surface area contributed by atoms with Crippen LogP contribution in [0.2, 0.25) is 10.0 Å². The lowest BCUT2D eigenvalue weighted by Crippen LogP contribution is -2.09. The molecular formula is C22H18Cl2N2O3S. The van der Waals surface area contributed by atoms with Gasteiger partial charge in [0.25, 0.3) is 5.56 Å². The van der Waals surface area contributed by atoms with Crippen LogP contribution in [0.15, 0.2) is 41.2 Å². The number of hydrogen-bond donors (Lipinski definition) is 1. The second-order valence-corrected chi connectivity index (χ2v) is 8.80. The summed E-state index contributed by atoms with van der Waals surface area (Å²) in [5.74, 6) is 1.59. The third-order valence-corrected chi connectivity index (χ3v) is 6.69. The molecule has 0 bridgehead atoms. The van der Waals surface area contributed by atoms with E-state index in [0.717, 1.165) is 26.4 Å². The third-order valence-electron chi connectivity index (χ3n) is 4.85. The van der Waals surface area contributed by atoms with Crippen LogP contribution in [0, 0.1) is 13.8 Å². The van der Waals surface area contributed by atoms with Crippen molar-refractivity contribution in [3.63, 3.8) is 0 Å². The average molecular weight is 461 g/mol. The van der Waals surface area contributed by atoms with Gasteiger partial charge in [-0.15, -0.1) is 11.3 Å². The van der Waals surface area contributed by atoms with Crippen LogP contribution in [0.25, 0.3) is 21.6 Å². The lowest BCUT2D eigenvalue weighted by molar-refractivity contribution is 0.284. The molecule has 0 saturated carbocycles. The number of halogens is 2. The Morgan fingerprint density at radius 1 is 1.07 bits per heavy atom. The SMILES string of the molecule is COc1cc(-c2nc3sc(C)c(C)c3c(=O)[nH]2)ccc1OCc1ccc(Cl)c(Cl)c1. The van der Waals surface area contributed by atoms with E-state index in [0.29, 0.717) is 39.4 Å². The number of methoxy groups -OCH3 is 1. The van der Waals surface area contributed by atoms with Crippen LogP contribution in [0.1, 0.15) is 16.0 Å². The molecule has 2 aromatic heterocycles. The van der Waals surface area contributed by atoms with Gasteiger partial charge >= 0.3 is 0 Å². The summed E-state index contributed by atoms with van der Waals surface area (Å²) < 4.78 is 11.4. The van der Waals surface area contributed by atoms with Crippen LogP contribution in [0.5, 0.6) is 11.5 Å². The Labute approximate surface area is 187 Å². The minimum Gasteiger partial charge on any atom is -0.493 e. The highest BCUT2D eigenvalue weighted by atomic mass is 35.5. The summed E-state index contributed by atoms with van der Waals surface area (Å²) >= 11 is 13.5. The quantitative estimate of drug-likeness (QED) is 0.387. The van der Waals surface area contributed by atoms with Gasteiger partial charge in [0, 0.05) is 10.4 Å². The summed E-state index contributed by atoms with van der Waals surface area (Å²) in [4.78, 5) is 21.9. The number of rotatable bonds is 5. The molecule has 4 aromatic rings. The summed E-state index contributed by atoms with van der Waals surface area (Å²) in [7, 11) is 1.57. The van der Waals surface area contributed by atoms with Crippen LogP contribution in [0.3, 0.4) is 0 Å².